The van der Waals surface area contributed by atoms with Gasteiger partial charge in [-0.05, 0) is 48.9 Å². The van der Waals surface area contributed by atoms with Crippen LogP contribution in [0.15, 0.2) is 48.5 Å². The van der Waals surface area contributed by atoms with Gasteiger partial charge in [0.05, 0.1) is 16.7 Å². The number of carbonyl (C=O) groups excluding carboxylic acids is 1. The molecule has 0 aromatic heterocycles. The van der Waals surface area contributed by atoms with Crippen LogP contribution in [0, 0.1) is 0 Å². The lowest BCUT2D eigenvalue weighted by Gasteiger charge is -2.23. The molecule has 1 fully saturated rings. The second kappa shape index (κ2) is 5.08. The summed E-state index contributed by atoms with van der Waals surface area (Å²) in [5.74, 6) is -0.0755. The van der Waals surface area contributed by atoms with Crippen LogP contribution in [-0.2, 0) is 16.4 Å². The number of alkyl halides is 3. The van der Waals surface area contributed by atoms with Crippen molar-refractivity contribution in [3.63, 3.8) is 0 Å². The van der Waals surface area contributed by atoms with E-state index < -0.39 is 17.2 Å². The van der Waals surface area contributed by atoms with Crippen molar-refractivity contribution in [2.75, 3.05) is 18.0 Å². The molecule has 1 N–H and O–H groups in total. The van der Waals surface area contributed by atoms with Crippen molar-refractivity contribution >= 4 is 17.3 Å². The molecule has 4 rings (SSSR count). The van der Waals surface area contributed by atoms with Gasteiger partial charge < -0.3 is 5.32 Å². The molecular weight excluding hydrogens is 317 g/mol. The molecule has 1 spiro atoms. The Morgan fingerprint density at radius 3 is 2.38 bits per heavy atom. The minimum Gasteiger partial charge on any atom is -0.315 e. The van der Waals surface area contributed by atoms with Gasteiger partial charge in [-0.3, -0.25) is 9.69 Å². The summed E-state index contributed by atoms with van der Waals surface area (Å²) >= 11 is 0. The topological polar surface area (TPSA) is 32.3 Å². The van der Waals surface area contributed by atoms with Crippen molar-refractivity contribution in [1.82, 2.24) is 5.32 Å². The van der Waals surface area contributed by atoms with Gasteiger partial charge in [0.2, 0.25) is 5.91 Å². The Balaban J connectivity index is 1.80. The molecule has 0 bridgehead atoms. The first kappa shape index (κ1) is 15.2. The van der Waals surface area contributed by atoms with Gasteiger partial charge in [-0.25, -0.2) is 0 Å². The molecule has 1 amide bonds. The Labute approximate surface area is 137 Å². The summed E-state index contributed by atoms with van der Waals surface area (Å²) in [5, 5.41) is 3.23. The van der Waals surface area contributed by atoms with Crippen LogP contribution in [0.4, 0.5) is 24.5 Å². The largest absolute Gasteiger partial charge is 0.416 e. The zero-order valence-electron chi connectivity index (χ0n) is 12.7. The smallest absolute Gasteiger partial charge is 0.315 e. The Morgan fingerprint density at radius 1 is 1.04 bits per heavy atom. The molecule has 3 nitrogen and oxygen atoms in total. The molecule has 1 atom stereocenters. The Kier molecular flexibility index (Phi) is 3.22. The van der Waals surface area contributed by atoms with Gasteiger partial charge in [0.25, 0.3) is 0 Å². The Morgan fingerprint density at radius 2 is 1.75 bits per heavy atom. The molecule has 0 aliphatic carbocycles. The molecule has 2 aromatic carbocycles. The number of rotatable bonds is 1. The van der Waals surface area contributed by atoms with Gasteiger partial charge in [-0.1, -0.05) is 18.2 Å². The summed E-state index contributed by atoms with van der Waals surface area (Å²) in [6.07, 6.45) is -3.69. The maximum absolute atomic E-state index is 13.1. The number of hydrogen-bond acceptors (Lipinski definition) is 2. The highest BCUT2D eigenvalue weighted by molar-refractivity contribution is 6.13. The monoisotopic (exact) mass is 332 g/mol. The molecule has 2 aliphatic heterocycles. The molecule has 1 unspecified atom stereocenters. The van der Waals surface area contributed by atoms with Crippen LogP contribution in [0.25, 0.3) is 0 Å². The van der Waals surface area contributed by atoms with Crippen LogP contribution in [-0.4, -0.2) is 19.0 Å². The third-order valence-electron chi connectivity index (χ3n) is 4.88. The second-order valence-electron chi connectivity index (χ2n) is 6.21. The minimum atomic E-state index is -4.39. The fraction of sp³-hybridized carbons (Fsp3) is 0.278. The summed E-state index contributed by atoms with van der Waals surface area (Å²) < 4.78 is 38.3. The van der Waals surface area contributed by atoms with Crippen molar-refractivity contribution < 1.29 is 18.0 Å². The normalized spacial score (nSPS) is 23.1. The highest BCUT2D eigenvalue weighted by Crippen LogP contribution is 2.48. The second-order valence-corrected chi connectivity index (χ2v) is 6.21. The van der Waals surface area contributed by atoms with Gasteiger partial charge in [-0.15, -0.1) is 0 Å². The molecule has 6 heteroatoms. The molecule has 24 heavy (non-hydrogen) atoms. The lowest BCUT2D eigenvalue weighted by Crippen LogP contribution is -2.40. The molecule has 2 aliphatic rings. The van der Waals surface area contributed by atoms with Gasteiger partial charge in [0, 0.05) is 12.2 Å². The lowest BCUT2D eigenvalue weighted by molar-refractivity contribution is -0.137. The molecule has 0 radical (unpaired) electrons. The van der Waals surface area contributed by atoms with Crippen LogP contribution in [0.1, 0.15) is 17.5 Å². The summed E-state index contributed by atoms with van der Waals surface area (Å²) in [5.41, 5.74) is 0.831. The Bertz CT molecular complexity index is 793. The van der Waals surface area contributed by atoms with E-state index in [1.165, 1.54) is 12.1 Å². The first-order valence-electron chi connectivity index (χ1n) is 7.75. The molecule has 0 saturated carbocycles. The van der Waals surface area contributed by atoms with E-state index in [2.05, 4.69) is 5.32 Å². The number of amides is 1. The number of nitrogens with zero attached hydrogens (tertiary/aromatic N) is 1. The fourth-order valence-corrected chi connectivity index (χ4v) is 3.67. The van der Waals surface area contributed by atoms with E-state index in [-0.39, 0.29) is 5.91 Å². The van der Waals surface area contributed by atoms with Crippen LogP contribution >= 0.6 is 0 Å². The average molecular weight is 332 g/mol. The molecule has 124 valence electrons. The summed E-state index contributed by atoms with van der Waals surface area (Å²) in [6.45, 7) is 1.31. The number of hydrogen-bond donors (Lipinski definition) is 1. The summed E-state index contributed by atoms with van der Waals surface area (Å²) in [6, 6.07) is 12.3. The zero-order valence-corrected chi connectivity index (χ0v) is 12.7. The number of anilines is 2. The quantitative estimate of drug-likeness (QED) is 0.865. The van der Waals surface area contributed by atoms with E-state index in [9.17, 15) is 18.0 Å². The van der Waals surface area contributed by atoms with Crippen LogP contribution in [0.5, 0.6) is 0 Å². The first-order valence-corrected chi connectivity index (χ1v) is 7.75. The summed E-state index contributed by atoms with van der Waals surface area (Å²) in [7, 11) is 0. The third kappa shape index (κ3) is 2.06. The van der Waals surface area contributed by atoms with Crippen molar-refractivity contribution in [3.8, 4) is 0 Å². The molecule has 2 heterocycles. The molecular formula is C18H15F3N2O. The van der Waals surface area contributed by atoms with Crippen molar-refractivity contribution in [2.24, 2.45) is 0 Å². The highest BCUT2D eigenvalue weighted by Gasteiger charge is 2.52. The molecule has 2 aromatic rings. The third-order valence-corrected chi connectivity index (χ3v) is 4.88. The maximum Gasteiger partial charge on any atom is 0.416 e. The van der Waals surface area contributed by atoms with Gasteiger partial charge in [0.15, 0.2) is 0 Å². The van der Waals surface area contributed by atoms with Crippen LogP contribution in [0.2, 0.25) is 0 Å². The number of para-hydroxylation sites is 1. The van der Waals surface area contributed by atoms with E-state index in [4.69, 9.17) is 0 Å². The predicted molar refractivity (Wildman–Crippen MR) is 84.2 cm³/mol. The zero-order chi connectivity index (χ0) is 16.9. The maximum atomic E-state index is 13.1. The van der Waals surface area contributed by atoms with Gasteiger partial charge >= 0.3 is 6.18 Å². The Hall–Kier alpha value is -2.34. The first-order chi connectivity index (χ1) is 11.4. The van der Waals surface area contributed by atoms with Crippen molar-refractivity contribution in [1.29, 1.82) is 0 Å². The predicted octanol–water partition coefficient (Wildman–Crippen LogP) is 3.61. The van der Waals surface area contributed by atoms with Crippen LogP contribution in [0.3, 0.4) is 0 Å². The van der Waals surface area contributed by atoms with Gasteiger partial charge in [-0.2, -0.15) is 13.2 Å². The molecule has 1 saturated heterocycles. The summed E-state index contributed by atoms with van der Waals surface area (Å²) in [4.78, 5) is 14.7. The lowest BCUT2D eigenvalue weighted by atomic mass is 9.81. The minimum absolute atomic E-state index is 0.0755. The van der Waals surface area contributed by atoms with Crippen molar-refractivity contribution in [2.45, 2.75) is 18.0 Å². The number of halogens is 3. The van der Waals surface area contributed by atoms with E-state index in [1.807, 2.05) is 24.3 Å². The SMILES string of the molecule is O=C1N(c2ccc(C(F)(F)F)cc2)c2ccccc2C12CCNC2. The number of carbonyl (C=O) groups is 1. The van der Waals surface area contributed by atoms with E-state index in [1.54, 1.807) is 4.90 Å². The van der Waals surface area contributed by atoms with Crippen molar-refractivity contribution in [3.05, 3.63) is 59.7 Å². The van der Waals surface area contributed by atoms with Gasteiger partial charge in [0.1, 0.15) is 0 Å². The van der Waals surface area contributed by atoms with E-state index in [0.29, 0.717) is 18.7 Å². The van der Waals surface area contributed by atoms with E-state index in [0.717, 1.165) is 29.9 Å². The fourth-order valence-electron chi connectivity index (χ4n) is 3.67. The number of nitrogens with one attached hydrogen (secondary N) is 1. The number of benzene rings is 2. The van der Waals surface area contributed by atoms with Crippen LogP contribution < -0.4 is 10.2 Å². The standard InChI is InChI=1S/C18H15F3N2O/c19-18(20,21)12-5-7-13(8-6-12)23-15-4-2-1-3-14(15)17(16(23)24)9-10-22-11-17/h1-8,22H,9-11H2. The average Bonchev–Trinajstić information content (AvgIpc) is 3.14. The number of fused-ring (bicyclic) bond motifs is 2. The highest BCUT2D eigenvalue weighted by atomic mass is 19.4. The van der Waals surface area contributed by atoms with E-state index >= 15 is 0 Å².